The molecule has 228 valence electrons. The molecule has 3 N–H and O–H groups in total. The molecule has 11 nitrogen and oxygen atoms in total. The quantitative estimate of drug-likeness (QED) is 0.233. The fraction of sp³-hybridized carbons (Fsp3) is 0.645. The van der Waals surface area contributed by atoms with Gasteiger partial charge in [0.1, 0.15) is 6.04 Å². The van der Waals surface area contributed by atoms with Crippen molar-refractivity contribution in [2.75, 3.05) is 13.7 Å². The minimum absolute atomic E-state index is 0.0589. The van der Waals surface area contributed by atoms with Crippen molar-refractivity contribution in [1.82, 2.24) is 5.32 Å². The highest BCUT2D eigenvalue weighted by Crippen LogP contribution is 2.65. The number of esters is 1. The number of aliphatic hydroxyl groups excluding tert-OH is 1. The van der Waals surface area contributed by atoms with Crippen LogP contribution in [0.15, 0.2) is 35.0 Å². The summed E-state index contributed by atoms with van der Waals surface area (Å²) >= 11 is 0. The number of fused-ring (bicyclic) bond motifs is 5. The maximum atomic E-state index is 12.6. The molecule has 1 aromatic carbocycles. The van der Waals surface area contributed by atoms with Gasteiger partial charge in [0.15, 0.2) is 12.4 Å². The van der Waals surface area contributed by atoms with E-state index >= 15 is 0 Å². The van der Waals surface area contributed by atoms with Crippen molar-refractivity contribution < 1.29 is 34.3 Å². The molecule has 3 fully saturated rings. The normalized spacial score (nSPS) is 33.4. The summed E-state index contributed by atoms with van der Waals surface area (Å²) in [7, 11) is 1.18. The van der Waals surface area contributed by atoms with Gasteiger partial charge in [-0.15, -0.1) is 0 Å². The van der Waals surface area contributed by atoms with Crippen molar-refractivity contribution in [3.63, 3.8) is 0 Å². The number of nitro groups is 1. The number of nitro benzene ring substituents is 1. The molecule has 0 spiro atoms. The van der Waals surface area contributed by atoms with Crippen LogP contribution in [0.4, 0.5) is 5.69 Å². The molecule has 0 saturated heterocycles. The third-order valence-corrected chi connectivity index (χ3v) is 10.8. The summed E-state index contributed by atoms with van der Waals surface area (Å²) in [4.78, 5) is 40.7. The van der Waals surface area contributed by atoms with E-state index in [1.165, 1.54) is 24.8 Å². The van der Waals surface area contributed by atoms with Crippen LogP contribution in [0, 0.1) is 38.7 Å². The standard InChI is InChI=1S/C31H41N3O8/c1-30-12-10-20(16-19(30)5-6-21-22-7-9-27(36)31(22,2)13-11-23(21)30)33-42-17-28(37)32-24(29(38)41-3)14-18-4-8-26(35)25(15-18)34(39)40/h4,8,15-16,21-24,27,35-36H,5-7,9-14,17H2,1-3H3,(H,32,37)/b33-20-/t21-,22-,23-,24-,27-,30-,31-/m0/s1. The second kappa shape index (κ2) is 11.7. The SMILES string of the molecule is COC(=O)[C@H](Cc1ccc(O)c([N+](=O)[O-])c1)NC(=O)CO/N=C1\C=C2CC[C@H]3[C@@H]4CC[C@H](O)[C@@]4(C)CC[C@@H]3[C@@]2(C)CC1. The number of hydrogen-bond acceptors (Lipinski definition) is 9. The van der Waals surface area contributed by atoms with Crippen molar-refractivity contribution >= 4 is 23.3 Å². The average molecular weight is 584 g/mol. The number of nitrogens with zero attached hydrogens (tertiary/aromatic N) is 2. The Hall–Kier alpha value is -3.47. The van der Waals surface area contributed by atoms with Crippen LogP contribution in [-0.2, 0) is 25.6 Å². The van der Waals surface area contributed by atoms with Gasteiger partial charge in [-0.2, -0.15) is 0 Å². The zero-order valence-corrected chi connectivity index (χ0v) is 24.5. The number of hydrogen-bond donors (Lipinski definition) is 3. The summed E-state index contributed by atoms with van der Waals surface area (Å²) in [5.41, 5.74) is 2.25. The molecule has 4 aliphatic rings. The van der Waals surface area contributed by atoms with Crippen molar-refractivity contribution in [3.05, 3.63) is 45.5 Å². The fourth-order valence-corrected chi connectivity index (χ4v) is 8.44. The Balaban J connectivity index is 1.19. The number of carbonyl (C=O) groups excluding carboxylic acids is 2. The maximum absolute atomic E-state index is 12.6. The number of nitrogens with one attached hydrogen (secondary N) is 1. The van der Waals surface area contributed by atoms with Crippen molar-refractivity contribution in [1.29, 1.82) is 0 Å². The minimum atomic E-state index is -1.10. The van der Waals surface area contributed by atoms with Gasteiger partial charge in [-0.3, -0.25) is 14.9 Å². The first-order valence-electron chi connectivity index (χ1n) is 14.9. The summed E-state index contributed by atoms with van der Waals surface area (Å²) in [6, 6.07) is 2.66. The number of benzene rings is 1. The van der Waals surface area contributed by atoms with Crippen LogP contribution in [0.1, 0.15) is 70.8 Å². The Morgan fingerprint density at radius 3 is 2.69 bits per heavy atom. The number of methoxy groups -OCH3 is 1. The second-order valence-corrected chi connectivity index (χ2v) is 12.9. The molecule has 5 rings (SSSR count). The number of carbonyl (C=O) groups is 2. The van der Waals surface area contributed by atoms with Crippen molar-refractivity contribution in [3.8, 4) is 5.75 Å². The van der Waals surface area contributed by atoms with E-state index in [-0.39, 0.29) is 23.4 Å². The number of aromatic hydroxyl groups is 1. The van der Waals surface area contributed by atoms with Crippen LogP contribution in [0.3, 0.4) is 0 Å². The van der Waals surface area contributed by atoms with E-state index in [0.29, 0.717) is 23.3 Å². The van der Waals surface area contributed by atoms with E-state index in [2.05, 4.69) is 30.4 Å². The molecule has 7 atom stereocenters. The topological polar surface area (TPSA) is 161 Å². The number of allylic oxidation sites excluding steroid dienone is 2. The van der Waals surface area contributed by atoms with Gasteiger partial charge in [0.05, 0.1) is 23.8 Å². The predicted molar refractivity (Wildman–Crippen MR) is 154 cm³/mol. The molecule has 3 saturated carbocycles. The molecule has 4 aliphatic carbocycles. The van der Waals surface area contributed by atoms with Crippen molar-refractivity contribution in [2.45, 2.75) is 83.8 Å². The highest BCUT2D eigenvalue weighted by molar-refractivity contribution is 5.96. The van der Waals surface area contributed by atoms with E-state index < -0.39 is 40.9 Å². The van der Waals surface area contributed by atoms with E-state index in [4.69, 9.17) is 9.57 Å². The van der Waals surface area contributed by atoms with Gasteiger partial charge in [0.25, 0.3) is 5.91 Å². The fourth-order valence-electron chi connectivity index (χ4n) is 8.44. The highest BCUT2D eigenvalue weighted by atomic mass is 16.6. The lowest BCUT2D eigenvalue weighted by atomic mass is 9.47. The molecule has 1 amide bonds. The number of oxime groups is 1. The zero-order chi connectivity index (χ0) is 30.2. The van der Waals surface area contributed by atoms with Crippen molar-refractivity contribution in [2.24, 2.45) is 33.7 Å². The van der Waals surface area contributed by atoms with Crippen LogP contribution in [-0.4, -0.2) is 58.6 Å². The average Bonchev–Trinajstić information content (AvgIpc) is 3.27. The van der Waals surface area contributed by atoms with E-state index in [0.717, 1.165) is 63.1 Å². The third kappa shape index (κ3) is 5.50. The number of rotatable bonds is 8. The maximum Gasteiger partial charge on any atom is 0.328 e. The first-order valence-corrected chi connectivity index (χ1v) is 14.9. The molecule has 0 bridgehead atoms. The summed E-state index contributed by atoms with van der Waals surface area (Å²) < 4.78 is 4.79. The Bertz CT molecular complexity index is 1310. The molecule has 0 unspecified atom stereocenters. The number of ether oxygens (including phenoxy) is 1. The molecule has 0 heterocycles. The van der Waals surface area contributed by atoms with Gasteiger partial charge < -0.3 is 25.1 Å². The van der Waals surface area contributed by atoms with Gasteiger partial charge in [-0.1, -0.05) is 30.6 Å². The van der Waals surface area contributed by atoms with E-state index in [9.17, 15) is 29.9 Å². The number of amides is 1. The predicted octanol–water partition coefficient (Wildman–Crippen LogP) is 4.20. The van der Waals surface area contributed by atoms with Crippen LogP contribution in [0.5, 0.6) is 5.75 Å². The summed E-state index contributed by atoms with van der Waals surface area (Å²) in [5, 5.41) is 38.3. The number of aliphatic hydroxyl groups is 1. The Labute approximate surface area is 245 Å². The van der Waals surface area contributed by atoms with Crippen LogP contribution < -0.4 is 5.32 Å². The van der Waals surface area contributed by atoms with Gasteiger partial charge >= 0.3 is 11.7 Å². The molecular weight excluding hydrogens is 542 g/mol. The summed E-state index contributed by atoms with van der Waals surface area (Å²) in [5.74, 6) is 0.0699. The number of phenolic OH excluding ortho intramolecular Hbond substituents is 1. The monoisotopic (exact) mass is 583 g/mol. The van der Waals surface area contributed by atoms with E-state index in [1.807, 2.05) is 0 Å². The second-order valence-electron chi connectivity index (χ2n) is 12.9. The van der Waals surface area contributed by atoms with Gasteiger partial charge in [-0.05, 0) is 97.7 Å². The van der Waals surface area contributed by atoms with Gasteiger partial charge in [0, 0.05) is 12.5 Å². The smallest absolute Gasteiger partial charge is 0.328 e. The Morgan fingerprint density at radius 2 is 1.95 bits per heavy atom. The van der Waals surface area contributed by atoms with Crippen LogP contribution in [0.2, 0.25) is 0 Å². The lowest BCUT2D eigenvalue weighted by Gasteiger charge is -2.57. The van der Waals surface area contributed by atoms with Gasteiger partial charge in [0.2, 0.25) is 0 Å². The van der Waals surface area contributed by atoms with Crippen LogP contribution >= 0.6 is 0 Å². The minimum Gasteiger partial charge on any atom is -0.502 e. The first-order chi connectivity index (χ1) is 20.0. The first kappa shape index (κ1) is 30.0. The largest absolute Gasteiger partial charge is 0.502 e. The summed E-state index contributed by atoms with van der Waals surface area (Å²) in [6.07, 6.45) is 10.0. The molecule has 0 radical (unpaired) electrons. The molecule has 0 aliphatic heterocycles. The Kier molecular flexibility index (Phi) is 8.33. The zero-order valence-electron chi connectivity index (χ0n) is 24.5. The lowest BCUT2D eigenvalue weighted by molar-refractivity contribution is -0.385. The Morgan fingerprint density at radius 1 is 1.17 bits per heavy atom. The number of phenols is 1. The molecule has 42 heavy (non-hydrogen) atoms. The molecule has 1 aromatic rings. The molecular formula is C31H41N3O8. The highest BCUT2D eigenvalue weighted by Gasteiger charge is 2.58. The van der Waals surface area contributed by atoms with Crippen LogP contribution in [0.25, 0.3) is 0 Å². The molecule has 11 heteroatoms. The van der Waals surface area contributed by atoms with Gasteiger partial charge in [-0.25, -0.2) is 4.79 Å². The third-order valence-electron chi connectivity index (χ3n) is 10.8. The summed E-state index contributed by atoms with van der Waals surface area (Å²) in [6.45, 7) is 4.29. The van der Waals surface area contributed by atoms with E-state index in [1.54, 1.807) is 0 Å². The molecule has 0 aromatic heterocycles. The lowest BCUT2D eigenvalue weighted by Crippen LogP contribution is -2.51.